The molecule has 1 aliphatic rings. The van der Waals surface area contributed by atoms with E-state index in [1.807, 2.05) is 19.1 Å². The fraction of sp³-hybridized carbons (Fsp3) is 0.600. The van der Waals surface area contributed by atoms with E-state index in [-0.39, 0.29) is 5.91 Å². The SMILES string of the molecule is CCCC(=O)Nc1ccc(NC2CCCCC2)nc1. The average molecular weight is 261 g/mol. The van der Waals surface area contributed by atoms with Crippen LogP contribution in [0.1, 0.15) is 51.9 Å². The van der Waals surface area contributed by atoms with Gasteiger partial charge in [0.05, 0.1) is 11.9 Å². The summed E-state index contributed by atoms with van der Waals surface area (Å²) in [6.45, 7) is 2.00. The molecule has 0 bridgehead atoms. The largest absolute Gasteiger partial charge is 0.367 e. The zero-order chi connectivity index (χ0) is 13.5. The van der Waals surface area contributed by atoms with Gasteiger partial charge in [0.15, 0.2) is 0 Å². The summed E-state index contributed by atoms with van der Waals surface area (Å²) in [7, 11) is 0. The van der Waals surface area contributed by atoms with Crippen LogP contribution < -0.4 is 10.6 Å². The highest BCUT2D eigenvalue weighted by Crippen LogP contribution is 2.21. The van der Waals surface area contributed by atoms with Crippen molar-refractivity contribution in [1.29, 1.82) is 0 Å². The Morgan fingerprint density at radius 3 is 2.74 bits per heavy atom. The minimum atomic E-state index is 0.0530. The molecule has 0 unspecified atom stereocenters. The van der Waals surface area contributed by atoms with Crippen molar-refractivity contribution in [3.63, 3.8) is 0 Å². The van der Waals surface area contributed by atoms with Crippen molar-refractivity contribution in [3.05, 3.63) is 18.3 Å². The number of anilines is 2. The first-order valence-corrected chi connectivity index (χ1v) is 7.30. The van der Waals surface area contributed by atoms with Crippen molar-refractivity contribution in [1.82, 2.24) is 4.98 Å². The summed E-state index contributed by atoms with van der Waals surface area (Å²) in [4.78, 5) is 15.8. The van der Waals surface area contributed by atoms with E-state index in [4.69, 9.17) is 0 Å². The molecule has 4 nitrogen and oxygen atoms in total. The third-order valence-corrected chi connectivity index (χ3v) is 3.48. The standard InChI is InChI=1S/C15H23N3O/c1-2-6-15(19)18-13-9-10-14(16-11-13)17-12-7-4-3-5-8-12/h9-12H,2-8H2,1H3,(H,16,17)(H,18,19). The fourth-order valence-corrected chi connectivity index (χ4v) is 2.46. The highest BCUT2D eigenvalue weighted by atomic mass is 16.1. The van der Waals surface area contributed by atoms with E-state index in [9.17, 15) is 4.79 Å². The normalized spacial score (nSPS) is 16.1. The maximum Gasteiger partial charge on any atom is 0.224 e. The van der Waals surface area contributed by atoms with Crippen molar-refractivity contribution < 1.29 is 4.79 Å². The molecule has 1 heterocycles. The molecule has 0 spiro atoms. The van der Waals surface area contributed by atoms with Crippen LogP contribution in [0, 0.1) is 0 Å². The minimum absolute atomic E-state index is 0.0530. The third kappa shape index (κ3) is 4.54. The molecule has 1 aromatic heterocycles. The summed E-state index contributed by atoms with van der Waals surface area (Å²) in [6, 6.07) is 4.41. The molecule has 2 rings (SSSR count). The summed E-state index contributed by atoms with van der Waals surface area (Å²) < 4.78 is 0. The Balaban J connectivity index is 1.85. The van der Waals surface area contributed by atoms with Gasteiger partial charge in [0.1, 0.15) is 5.82 Å². The molecule has 0 atom stereocenters. The molecule has 0 saturated heterocycles. The second-order valence-corrected chi connectivity index (χ2v) is 5.21. The first kappa shape index (κ1) is 13.8. The van der Waals surface area contributed by atoms with Crippen LogP contribution in [-0.2, 0) is 4.79 Å². The molecule has 104 valence electrons. The number of aromatic nitrogens is 1. The van der Waals surface area contributed by atoms with Gasteiger partial charge in [0.25, 0.3) is 0 Å². The highest BCUT2D eigenvalue weighted by molar-refractivity contribution is 5.90. The Morgan fingerprint density at radius 1 is 1.32 bits per heavy atom. The summed E-state index contributed by atoms with van der Waals surface area (Å²) in [6.07, 6.45) is 9.58. The van der Waals surface area contributed by atoms with E-state index in [1.165, 1.54) is 32.1 Å². The predicted octanol–water partition coefficient (Wildman–Crippen LogP) is 3.56. The fourth-order valence-electron chi connectivity index (χ4n) is 2.46. The number of carbonyl (C=O) groups is 1. The number of hydrogen-bond acceptors (Lipinski definition) is 3. The summed E-state index contributed by atoms with van der Waals surface area (Å²) in [5, 5.41) is 6.31. The lowest BCUT2D eigenvalue weighted by molar-refractivity contribution is -0.116. The smallest absolute Gasteiger partial charge is 0.224 e. The molecule has 1 aliphatic carbocycles. The van der Waals surface area contributed by atoms with E-state index >= 15 is 0 Å². The number of nitrogens with one attached hydrogen (secondary N) is 2. The Morgan fingerprint density at radius 2 is 2.11 bits per heavy atom. The molecule has 2 N–H and O–H groups in total. The maximum absolute atomic E-state index is 11.5. The Kier molecular flexibility index (Phi) is 5.19. The van der Waals surface area contributed by atoms with Gasteiger partial charge in [-0.25, -0.2) is 4.98 Å². The average Bonchev–Trinajstić information content (AvgIpc) is 2.42. The Bertz CT molecular complexity index is 396. The topological polar surface area (TPSA) is 54.0 Å². The van der Waals surface area contributed by atoms with Gasteiger partial charge in [-0.3, -0.25) is 4.79 Å². The van der Waals surface area contributed by atoms with Crippen molar-refractivity contribution in [2.45, 2.75) is 57.9 Å². The van der Waals surface area contributed by atoms with Crippen LogP contribution in [-0.4, -0.2) is 16.9 Å². The van der Waals surface area contributed by atoms with E-state index in [1.54, 1.807) is 6.20 Å². The lowest BCUT2D eigenvalue weighted by Crippen LogP contribution is -2.22. The first-order valence-electron chi connectivity index (χ1n) is 7.30. The van der Waals surface area contributed by atoms with Crippen molar-refractivity contribution in [3.8, 4) is 0 Å². The summed E-state index contributed by atoms with van der Waals surface area (Å²) >= 11 is 0. The van der Waals surface area contributed by atoms with Gasteiger partial charge in [-0.1, -0.05) is 26.2 Å². The number of nitrogens with zero attached hydrogens (tertiary/aromatic N) is 1. The number of carbonyl (C=O) groups excluding carboxylic acids is 1. The number of amides is 1. The van der Waals surface area contributed by atoms with Gasteiger partial charge in [0, 0.05) is 12.5 Å². The third-order valence-electron chi connectivity index (χ3n) is 3.48. The zero-order valence-corrected chi connectivity index (χ0v) is 11.6. The van der Waals surface area contributed by atoms with Gasteiger partial charge in [-0.15, -0.1) is 0 Å². The van der Waals surface area contributed by atoms with Gasteiger partial charge in [0.2, 0.25) is 5.91 Å². The van der Waals surface area contributed by atoms with Crippen molar-refractivity contribution in [2.75, 3.05) is 10.6 Å². The number of hydrogen-bond donors (Lipinski definition) is 2. The first-order chi connectivity index (χ1) is 9.28. The van der Waals surface area contributed by atoms with E-state index < -0.39 is 0 Å². The van der Waals surface area contributed by atoms with Crippen LogP contribution in [0.25, 0.3) is 0 Å². The van der Waals surface area contributed by atoms with Gasteiger partial charge >= 0.3 is 0 Å². The minimum Gasteiger partial charge on any atom is -0.367 e. The van der Waals surface area contributed by atoms with Crippen LogP contribution in [0.2, 0.25) is 0 Å². The zero-order valence-electron chi connectivity index (χ0n) is 11.6. The summed E-state index contributed by atoms with van der Waals surface area (Å²) in [5.74, 6) is 0.956. The van der Waals surface area contributed by atoms with E-state index in [0.29, 0.717) is 12.5 Å². The van der Waals surface area contributed by atoms with Crippen molar-refractivity contribution in [2.24, 2.45) is 0 Å². The molecule has 0 aromatic carbocycles. The van der Waals surface area contributed by atoms with E-state index in [0.717, 1.165) is 17.9 Å². The highest BCUT2D eigenvalue weighted by Gasteiger charge is 2.13. The maximum atomic E-state index is 11.5. The molecule has 1 aromatic rings. The van der Waals surface area contributed by atoms with Crippen LogP contribution in [0.3, 0.4) is 0 Å². The molecule has 0 aliphatic heterocycles. The lowest BCUT2D eigenvalue weighted by atomic mass is 9.95. The van der Waals surface area contributed by atoms with Gasteiger partial charge < -0.3 is 10.6 Å². The van der Waals surface area contributed by atoms with E-state index in [2.05, 4.69) is 15.6 Å². The summed E-state index contributed by atoms with van der Waals surface area (Å²) in [5.41, 5.74) is 0.771. The Labute approximate surface area is 115 Å². The molecular formula is C15H23N3O. The number of pyridine rings is 1. The van der Waals surface area contributed by atoms with Gasteiger partial charge in [-0.05, 0) is 31.4 Å². The second-order valence-electron chi connectivity index (χ2n) is 5.21. The van der Waals surface area contributed by atoms with Crippen LogP contribution in [0.5, 0.6) is 0 Å². The molecule has 4 heteroatoms. The molecular weight excluding hydrogens is 238 g/mol. The second kappa shape index (κ2) is 7.12. The van der Waals surface area contributed by atoms with Crippen molar-refractivity contribution >= 4 is 17.4 Å². The Hall–Kier alpha value is -1.58. The molecule has 0 radical (unpaired) electrons. The monoisotopic (exact) mass is 261 g/mol. The lowest BCUT2D eigenvalue weighted by Gasteiger charge is -2.23. The van der Waals surface area contributed by atoms with Crippen LogP contribution in [0.4, 0.5) is 11.5 Å². The quantitative estimate of drug-likeness (QED) is 0.852. The predicted molar refractivity (Wildman–Crippen MR) is 78.3 cm³/mol. The molecule has 1 saturated carbocycles. The number of rotatable bonds is 5. The van der Waals surface area contributed by atoms with Crippen LogP contribution >= 0.6 is 0 Å². The molecule has 1 amide bonds. The molecule has 19 heavy (non-hydrogen) atoms. The van der Waals surface area contributed by atoms with Crippen LogP contribution in [0.15, 0.2) is 18.3 Å². The van der Waals surface area contributed by atoms with Gasteiger partial charge in [-0.2, -0.15) is 0 Å². The molecule has 1 fully saturated rings.